The van der Waals surface area contributed by atoms with E-state index in [1.54, 1.807) is 35.9 Å². The second-order valence-corrected chi connectivity index (χ2v) is 9.68. The number of benzene rings is 2. The summed E-state index contributed by atoms with van der Waals surface area (Å²) in [6.07, 6.45) is 6.93. The SMILES string of the molecule is Cc1cc2[nH]nc(/C=C/c3cccc(NC(=O)OCc4cccnc4)c3)c2cc1NC(=O)Cc1cccs1. The first-order chi connectivity index (χ1) is 18.5. The third-order valence-electron chi connectivity index (χ3n) is 5.79. The second-order valence-electron chi connectivity index (χ2n) is 8.65. The van der Waals surface area contributed by atoms with Crippen molar-refractivity contribution in [3.63, 3.8) is 0 Å². The van der Waals surface area contributed by atoms with Gasteiger partial charge in [0, 0.05) is 39.6 Å². The lowest BCUT2D eigenvalue weighted by Crippen LogP contribution is -2.14. The van der Waals surface area contributed by atoms with E-state index in [9.17, 15) is 9.59 Å². The summed E-state index contributed by atoms with van der Waals surface area (Å²) in [5.41, 5.74) is 5.63. The Bertz CT molecular complexity index is 1590. The third-order valence-corrected chi connectivity index (χ3v) is 6.66. The average Bonchev–Trinajstić information content (AvgIpc) is 3.57. The van der Waals surface area contributed by atoms with E-state index in [2.05, 4.69) is 25.8 Å². The van der Waals surface area contributed by atoms with Crippen molar-refractivity contribution in [1.82, 2.24) is 15.2 Å². The Morgan fingerprint density at radius 2 is 1.97 bits per heavy atom. The highest BCUT2D eigenvalue weighted by Gasteiger charge is 2.11. The molecular formula is C29H25N5O3S. The van der Waals surface area contributed by atoms with Crippen LogP contribution in [0.2, 0.25) is 0 Å². The first-order valence-corrected chi connectivity index (χ1v) is 12.8. The van der Waals surface area contributed by atoms with Gasteiger partial charge in [-0.05, 0) is 65.9 Å². The number of aryl methyl sites for hydroxylation is 1. The number of nitrogens with zero attached hydrogens (tertiary/aromatic N) is 2. The Kier molecular flexibility index (Phi) is 7.56. The molecule has 0 aliphatic carbocycles. The first kappa shape index (κ1) is 24.9. The first-order valence-electron chi connectivity index (χ1n) is 12.0. The van der Waals surface area contributed by atoms with Gasteiger partial charge < -0.3 is 10.1 Å². The number of anilines is 2. The summed E-state index contributed by atoms with van der Waals surface area (Å²) < 4.78 is 5.26. The number of aromatic amines is 1. The van der Waals surface area contributed by atoms with Crippen molar-refractivity contribution in [3.8, 4) is 0 Å². The topological polar surface area (TPSA) is 109 Å². The van der Waals surface area contributed by atoms with Crippen LogP contribution in [0.4, 0.5) is 16.2 Å². The molecule has 0 spiro atoms. The number of hydrogen-bond acceptors (Lipinski definition) is 6. The maximum absolute atomic E-state index is 12.5. The molecule has 9 heteroatoms. The van der Waals surface area contributed by atoms with Crippen molar-refractivity contribution in [2.45, 2.75) is 20.0 Å². The number of hydrogen-bond donors (Lipinski definition) is 3. The van der Waals surface area contributed by atoms with Crippen LogP contribution in [0, 0.1) is 6.92 Å². The normalized spacial score (nSPS) is 11.1. The summed E-state index contributed by atoms with van der Waals surface area (Å²) in [5, 5.41) is 16.1. The lowest BCUT2D eigenvalue weighted by atomic mass is 10.1. The van der Waals surface area contributed by atoms with Crippen LogP contribution >= 0.6 is 11.3 Å². The van der Waals surface area contributed by atoms with Crippen LogP contribution in [-0.4, -0.2) is 27.2 Å². The number of carbonyl (C=O) groups excluding carboxylic acids is 2. The number of H-pyrrole nitrogens is 1. The van der Waals surface area contributed by atoms with Gasteiger partial charge in [-0.1, -0.05) is 30.3 Å². The zero-order chi connectivity index (χ0) is 26.3. The number of thiophene rings is 1. The average molecular weight is 524 g/mol. The fourth-order valence-corrected chi connectivity index (χ4v) is 4.61. The van der Waals surface area contributed by atoms with E-state index in [-0.39, 0.29) is 12.5 Å². The minimum absolute atomic E-state index is 0.0567. The Hall–Kier alpha value is -4.76. The summed E-state index contributed by atoms with van der Waals surface area (Å²) in [4.78, 5) is 29.8. The molecule has 0 fully saturated rings. The molecule has 3 N–H and O–H groups in total. The van der Waals surface area contributed by atoms with E-state index < -0.39 is 6.09 Å². The molecule has 38 heavy (non-hydrogen) atoms. The van der Waals surface area contributed by atoms with Crippen LogP contribution in [0.5, 0.6) is 0 Å². The fraction of sp³-hybridized carbons (Fsp3) is 0.103. The van der Waals surface area contributed by atoms with E-state index in [0.717, 1.165) is 43.9 Å². The Balaban J connectivity index is 1.26. The number of carbonyl (C=O) groups is 2. The van der Waals surface area contributed by atoms with Crippen LogP contribution in [-0.2, 0) is 22.6 Å². The van der Waals surface area contributed by atoms with Gasteiger partial charge in [0.1, 0.15) is 6.61 Å². The van der Waals surface area contributed by atoms with Gasteiger partial charge in [-0.15, -0.1) is 11.3 Å². The lowest BCUT2D eigenvalue weighted by molar-refractivity contribution is -0.115. The Morgan fingerprint density at radius 1 is 1.05 bits per heavy atom. The minimum atomic E-state index is -0.544. The standard InChI is InChI=1S/C29H25N5O3S/c1-19-13-27-24(16-26(19)32-28(35)15-23-8-4-12-38-23)25(33-34-27)10-9-20-5-2-7-22(14-20)31-29(36)37-18-21-6-3-11-30-17-21/h2-14,16-17H,15,18H2,1H3,(H,31,36)(H,32,35)(H,33,34)/b10-9+. The number of pyridine rings is 1. The molecule has 2 amide bonds. The van der Waals surface area contributed by atoms with Gasteiger partial charge in [0.15, 0.2) is 0 Å². The monoisotopic (exact) mass is 523 g/mol. The fourth-order valence-electron chi connectivity index (χ4n) is 3.90. The third kappa shape index (κ3) is 6.32. The van der Waals surface area contributed by atoms with Gasteiger partial charge in [0.05, 0.1) is 17.6 Å². The number of fused-ring (bicyclic) bond motifs is 1. The van der Waals surface area contributed by atoms with Gasteiger partial charge in [-0.2, -0.15) is 5.10 Å². The summed E-state index contributed by atoms with van der Waals surface area (Å²) in [6.45, 7) is 2.10. The molecule has 5 rings (SSSR count). The van der Waals surface area contributed by atoms with Crippen molar-refractivity contribution in [2.75, 3.05) is 10.6 Å². The molecule has 5 aromatic rings. The van der Waals surface area contributed by atoms with Crippen molar-refractivity contribution in [2.24, 2.45) is 0 Å². The summed E-state index contributed by atoms with van der Waals surface area (Å²) in [6, 6.07) is 18.9. The van der Waals surface area contributed by atoms with Crippen LogP contribution in [0.1, 0.15) is 27.3 Å². The van der Waals surface area contributed by atoms with Crippen molar-refractivity contribution >= 4 is 57.8 Å². The molecule has 0 radical (unpaired) electrons. The summed E-state index contributed by atoms with van der Waals surface area (Å²) in [5.74, 6) is -0.0567. The number of amides is 2. The number of rotatable bonds is 8. The van der Waals surface area contributed by atoms with Gasteiger partial charge >= 0.3 is 6.09 Å². The molecule has 0 aliphatic heterocycles. The maximum Gasteiger partial charge on any atom is 0.411 e. The van der Waals surface area contributed by atoms with E-state index in [1.807, 2.05) is 73.0 Å². The van der Waals surface area contributed by atoms with Crippen LogP contribution < -0.4 is 10.6 Å². The highest BCUT2D eigenvalue weighted by Crippen LogP contribution is 2.26. The number of aromatic nitrogens is 3. The van der Waals surface area contributed by atoms with Crippen LogP contribution in [0.25, 0.3) is 23.1 Å². The molecule has 2 aromatic carbocycles. The largest absolute Gasteiger partial charge is 0.444 e. The van der Waals surface area contributed by atoms with Crippen molar-refractivity contribution < 1.29 is 14.3 Å². The summed E-state index contributed by atoms with van der Waals surface area (Å²) >= 11 is 1.56. The Morgan fingerprint density at radius 3 is 2.79 bits per heavy atom. The smallest absolute Gasteiger partial charge is 0.411 e. The Labute approximate surface area is 223 Å². The number of nitrogens with one attached hydrogen (secondary N) is 3. The zero-order valence-corrected chi connectivity index (χ0v) is 21.4. The highest BCUT2D eigenvalue weighted by atomic mass is 32.1. The van der Waals surface area contributed by atoms with Gasteiger partial charge in [0.2, 0.25) is 5.91 Å². The molecule has 3 aromatic heterocycles. The van der Waals surface area contributed by atoms with Crippen LogP contribution in [0.3, 0.4) is 0 Å². The molecular weight excluding hydrogens is 498 g/mol. The van der Waals surface area contributed by atoms with Gasteiger partial charge in [-0.3, -0.25) is 20.2 Å². The molecule has 190 valence electrons. The van der Waals surface area contributed by atoms with Crippen LogP contribution in [0.15, 0.2) is 78.4 Å². The van der Waals surface area contributed by atoms with Gasteiger partial charge in [-0.25, -0.2) is 4.79 Å². The molecule has 3 heterocycles. The highest BCUT2D eigenvalue weighted by molar-refractivity contribution is 7.10. The summed E-state index contributed by atoms with van der Waals surface area (Å²) in [7, 11) is 0. The lowest BCUT2D eigenvalue weighted by Gasteiger charge is -2.08. The predicted octanol–water partition coefficient (Wildman–Crippen LogP) is 6.43. The van der Waals surface area contributed by atoms with Gasteiger partial charge in [0.25, 0.3) is 0 Å². The molecule has 0 atom stereocenters. The number of ether oxygens (including phenoxy) is 1. The molecule has 0 unspecified atom stereocenters. The van der Waals surface area contributed by atoms with Crippen molar-refractivity contribution in [1.29, 1.82) is 0 Å². The van der Waals surface area contributed by atoms with E-state index in [0.29, 0.717) is 12.1 Å². The van der Waals surface area contributed by atoms with Crippen molar-refractivity contribution in [3.05, 3.63) is 106 Å². The molecule has 0 bridgehead atoms. The maximum atomic E-state index is 12.5. The van der Waals surface area contributed by atoms with E-state index >= 15 is 0 Å². The zero-order valence-electron chi connectivity index (χ0n) is 20.6. The predicted molar refractivity (Wildman–Crippen MR) is 151 cm³/mol. The second kappa shape index (κ2) is 11.5. The minimum Gasteiger partial charge on any atom is -0.444 e. The molecule has 0 aliphatic rings. The molecule has 0 saturated heterocycles. The van der Waals surface area contributed by atoms with E-state index in [4.69, 9.17) is 4.74 Å². The van der Waals surface area contributed by atoms with E-state index in [1.165, 1.54) is 0 Å². The molecule has 8 nitrogen and oxygen atoms in total. The quantitative estimate of drug-likeness (QED) is 0.217. The molecule has 0 saturated carbocycles.